The Kier molecular flexibility index (Phi) is 5.62. The van der Waals surface area contributed by atoms with Crippen LogP contribution in [0.15, 0.2) is 36.9 Å². The summed E-state index contributed by atoms with van der Waals surface area (Å²) in [6.45, 7) is 3.55. The molecule has 6 heteroatoms. The normalized spacial score (nSPS) is 20.7. The van der Waals surface area contributed by atoms with Gasteiger partial charge in [0.2, 0.25) is 0 Å². The Labute approximate surface area is 135 Å². The summed E-state index contributed by atoms with van der Waals surface area (Å²) in [4.78, 5) is 25.2. The van der Waals surface area contributed by atoms with Gasteiger partial charge in [0.05, 0.1) is 13.2 Å². The molecule has 1 fully saturated rings. The lowest BCUT2D eigenvalue weighted by Crippen LogP contribution is -2.49. The van der Waals surface area contributed by atoms with Gasteiger partial charge in [-0.1, -0.05) is 24.8 Å². The van der Waals surface area contributed by atoms with Crippen LogP contribution >= 0.6 is 0 Å². The number of piperidine rings is 1. The van der Waals surface area contributed by atoms with Gasteiger partial charge in [-0.15, -0.1) is 0 Å². The molecule has 6 nitrogen and oxygen atoms in total. The van der Waals surface area contributed by atoms with E-state index < -0.39 is 18.1 Å². The van der Waals surface area contributed by atoms with E-state index in [9.17, 15) is 14.7 Å². The van der Waals surface area contributed by atoms with Crippen molar-refractivity contribution >= 4 is 12.1 Å². The maximum Gasteiger partial charge on any atom is 0.411 e. The first kappa shape index (κ1) is 16.9. The Morgan fingerprint density at radius 3 is 2.61 bits per heavy atom. The van der Waals surface area contributed by atoms with Gasteiger partial charge in [-0.05, 0) is 37.0 Å². The Bertz CT molecular complexity index is 569. The van der Waals surface area contributed by atoms with Gasteiger partial charge >= 0.3 is 12.1 Å². The van der Waals surface area contributed by atoms with E-state index in [0.717, 1.165) is 12.0 Å². The number of benzene rings is 1. The number of carboxylic acids is 1. The Hall–Kier alpha value is -2.50. The number of aliphatic carboxylic acids is 1. The average Bonchev–Trinajstić information content (AvgIpc) is 2.59. The molecule has 0 unspecified atom stereocenters. The van der Waals surface area contributed by atoms with E-state index in [0.29, 0.717) is 18.6 Å². The van der Waals surface area contributed by atoms with Gasteiger partial charge in [0.15, 0.2) is 0 Å². The fourth-order valence-corrected chi connectivity index (χ4v) is 2.85. The fraction of sp³-hybridized carbons (Fsp3) is 0.412. The van der Waals surface area contributed by atoms with Crippen molar-refractivity contribution in [2.24, 2.45) is 0 Å². The van der Waals surface area contributed by atoms with Crippen molar-refractivity contribution in [2.75, 3.05) is 13.7 Å². The molecule has 23 heavy (non-hydrogen) atoms. The van der Waals surface area contributed by atoms with Crippen molar-refractivity contribution in [3.05, 3.63) is 42.5 Å². The largest absolute Gasteiger partial charge is 0.497 e. The number of methoxy groups -OCH3 is 1. The molecule has 1 aromatic rings. The molecule has 1 aliphatic rings. The molecule has 0 aromatic heterocycles. The number of amides is 1. The van der Waals surface area contributed by atoms with Crippen molar-refractivity contribution < 1.29 is 24.2 Å². The van der Waals surface area contributed by atoms with E-state index in [1.54, 1.807) is 19.2 Å². The van der Waals surface area contributed by atoms with E-state index in [1.165, 1.54) is 11.0 Å². The Morgan fingerprint density at radius 1 is 1.35 bits per heavy atom. The predicted molar refractivity (Wildman–Crippen MR) is 84.4 cm³/mol. The van der Waals surface area contributed by atoms with E-state index in [-0.39, 0.29) is 12.6 Å². The lowest BCUT2D eigenvalue weighted by Gasteiger charge is -2.39. The maximum atomic E-state index is 12.3. The summed E-state index contributed by atoms with van der Waals surface area (Å²) in [7, 11) is 1.58. The Balaban J connectivity index is 2.30. The molecule has 1 aromatic carbocycles. The standard InChI is InChI=1S/C17H21NO5/c1-3-11-23-17(21)18-14(5-4-6-15(18)16(19)20)12-7-9-13(22-2)10-8-12/h3,7-10,14-15H,1,4-6,11H2,2H3,(H,19,20)/t14-,15+/m0/s1. The number of carboxylic acid groups (broad SMARTS) is 1. The van der Waals surface area contributed by atoms with Crippen LogP contribution in [0.4, 0.5) is 4.79 Å². The highest BCUT2D eigenvalue weighted by atomic mass is 16.6. The number of likely N-dealkylation sites (tertiary alicyclic amines) is 1. The number of hydrogen-bond donors (Lipinski definition) is 1. The van der Waals surface area contributed by atoms with Gasteiger partial charge in [-0.25, -0.2) is 9.59 Å². The third-order valence-corrected chi connectivity index (χ3v) is 3.95. The first-order chi connectivity index (χ1) is 11.1. The molecule has 0 aliphatic carbocycles. The minimum absolute atomic E-state index is 0.0526. The highest BCUT2D eigenvalue weighted by molar-refractivity contribution is 5.80. The van der Waals surface area contributed by atoms with Crippen LogP contribution in [0.25, 0.3) is 0 Å². The first-order valence-corrected chi connectivity index (χ1v) is 7.51. The topological polar surface area (TPSA) is 76.1 Å². The van der Waals surface area contributed by atoms with Crippen LogP contribution in [0, 0.1) is 0 Å². The van der Waals surface area contributed by atoms with Crippen LogP contribution in [0.2, 0.25) is 0 Å². The van der Waals surface area contributed by atoms with E-state index >= 15 is 0 Å². The summed E-state index contributed by atoms with van der Waals surface area (Å²) in [5.74, 6) is -0.307. The van der Waals surface area contributed by atoms with Gasteiger partial charge in [0.25, 0.3) is 0 Å². The zero-order chi connectivity index (χ0) is 16.8. The summed E-state index contributed by atoms with van der Waals surface area (Å²) in [5, 5.41) is 9.44. The number of ether oxygens (including phenoxy) is 2. The summed E-state index contributed by atoms with van der Waals surface area (Å²) in [6, 6.07) is 6.09. The van der Waals surface area contributed by atoms with Crippen molar-refractivity contribution in [1.29, 1.82) is 0 Å². The van der Waals surface area contributed by atoms with Gasteiger partial charge in [-0.2, -0.15) is 0 Å². The molecule has 0 radical (unpaired) electrons. The molecule has 1 amide bonds. The zero-order valence-corrected chi connectivity index (χ0v) is 13.1. The summed E-state index contributed by atoms with van der Waals surface area (Å²) < 4.78 is 10.2. The van der Waals surface area contributed by atoms with Crippen LogP contribution in [0.1, 0.15) is 30.9 Å². The molecule has 124 valence electrons. The van der Waals surface area contributed by atoms with Crippen LogP contribution in [-0.2, 0) is 9.53 Å². The van der Waals surface area contributed by atoms with Gasteiger partial charge in [0.1, 0.15) is 18.4 Å². The Morgan fingerprint density at radius 2 is 2.04 bits per heavy atom. The lowest BCUT2D eigenvalue weighted by atomic mass is 9.91. The number of carbonyl (C=O) groups is 2. The third kappa shape index (κ3) is 3.83. The van der Waals surface area contributed by atoms with Crippen molar-refractivity contribution in [3.63, 3.8) is 0 Å². The zero-order valence-electron chi connectivity index (χ0n) is 13.1. The van der Waals surface area contributed by atoms with Crippen molar-refractivity contribution in [2.45, 2.75) is 31.3 Å². The van der Waals surface area contributed by atoms with Crippen LogP contribution in [0.3, 0.4) is 0 Å². The lowest BCUT2D eigenvalue weighted by molar-refractivity contribution is -0.145. The van der Waals surface area contributed by atoms with E-state index in [2.05, 4.69) is 6.58 Å². The van der Waals surface area contributed by atoms with Gasteiger partial charge in [-0.3, -0.25) is 4.90 Å². The van der Waals surface area contributed by atoms with Crippen LogP contribution in [-0.4, -0.2) is 41.8 Å². The number of rotatable bonds is 5. The van der Waals surface area contributed by atoms with Gasteiger partial charge < -0.3 is 14.6 Å². The summed E-state index contributed by atoms with van der Waals surface area (Å²) in [6.07, 6.45) is 2.68. The minimum atomic E-state index is -1.02. The minimum Gasteiger partial charge on any atom is -0.497 e. The molecule has 1 saturated heterocycles. The quantitative estimate of drug-likeness (QED) is 0.844. The molecule has 2 rings (SSSR count). The average molecular weight is 319 g/mol. The molecule has 0 spiro atoms. The first-order valence-electron chi connectivity index (χ1n) is 7.51. The second-order valence-corrected chi connectivity index (χ2v) is 5.35. The highest BCUT2D eigenvalue weighted by Gasteiger charge is 2.39. The SMILES string of the molecule is C=CCOC(=O)N1[C@@H](C(=O)O)CCC[C@H]1c1ccc(OC)cc1. The number of carbonyl (C=O) groups excluding carboxylic acids is 1. The van der Waals surface area contributed by atoms with Crippen LogP contribution < -0.4 is 4.74 Å². The van der Waals surface area contributed by atoms with Crippen LogP contribution in [0.5, 0.6) is 5.75 Å². The smallest absolute Gasteiger partial charge is 0.411 e. The second kappa shape index (κ2) is 7.67. The third-order valence-electron chi connectivity index (χ3n) is 3.95. The molecular weight excluding hydrogens is 298 g/mol. The molecule has 1 N–H and O–H groups in total. The van der Waals surface area contributed by atoms with Gasteiger partial charge in [0, 0.05) is 0 Å². The monoisotopic (exact) mass is 319 g/mol. The molecule has 2 atom stereocenters. The highest BCUT2D eigenvalue weighted by Crippen LogP contribution is 2.35. The predicted octanol–water partition coefficient (Wildman–Crippen LogP) is 3.00. The summed E-state index contributed by atoms with van der Waals surface area (Å²) >= 11 is 0. The molecule has 1 heterocycles. The van der Waals surface area contributed by atoms with Crippen molar-refractivity contribution in [1.82, 2.24) is 4.90 Å². The maximum absolute atomic E-state index is 12.3. The summed E-state index contributed by atoms with van der Waals surface area (Å²) in [5.41, 5.74) is 0.868. The van der Waals surface area contributed by atoms with E-state index in [4.69, 9.17) is 9.47 Å². The molecule has 0 saturated carbocycles. The number of nitrogens with zero attached hydrogens (tertiary/aromatic N) is 1. The van der Waals surface area contributed by atoms with E-state index in [1.807, 2.05) is 12.1 Å². The molecular formula is C17H21NO5. The molecule has 1 aliphatic heterocycles. The fourth-order valence-electron chi connectivity index (χ4n) is 2.85. The molecule has 0 bridgehead atoms. The second-order valence-electron chi connectivity index (χ2n) is 5.35. The van der Waals surface area contributed by atoms with Crippen molar-refractivity contribution in [3.8, 4) is 5.75 Å². The number of hydrogen-bond acceptors (Lipinski definition) is 4.